The van der Waals surface area contributed by atoms with Gasteiger partial charge in [0.05, 0.1) is 24.3 Å². The topological polar surface area (TPSA) is 116 Å². The van der Waals surface area contributed by atoms with Crippen LogP contribution in [0.1, 0.15) is 20.7 Å². The molecule has 1 aliphatic heterocycles. The standard InChI is InChI=1S/C12H13N3O4/c13-7-1-2-8-9(5-7)12(18)15(11(8)17)3-4-19-6-10(14)16/h1-2,5H,3-4,6,13H2,(H2,14,16). The highest BCUT2D eigenvalue weighted by atomic mass is 16.5. The zero-order chi connectivity index (χ0) is 14.0. The molecule has 0 bridgehead atoms. The second kappa shape index (κ2) is 5.07. The molecule has 100 valence electrons. The Balaban J connectivity index is 2.04. The van der Waals surface area contributed by atoms with Gasteiger partial charge in [-0.3, -0.25) is 19.3 Å². The van der Waals surface area contributed by atoms with Crippen molar-refractivity contribution in [1.29, 1.82) is 0 Å². The molecule has 7 heteroatoms. The van der Waals surface area contributed by atoms with E-state index in [1.807, 2.05) is 0 Å². The molecule has 0 atom stereocenters. The average Bonchev–Trinajstić information content (AvgIpc) is 2.58. The number of hydrogen-bond donors (Lipinski definition) is 2. The van der Waals surface area contributed by atoms with Crippen molar-refractivity contribution in [3.63, 3.8) is 0 Å². The van der Waals surface area contributed by atoms with Crippen LogP contribution >= 0.6 is 0 Å². The van der Waals surface area contributed by atoms with Crippen molar-refractivity contribution < 1.29 is 19.1 Å². The summed E-state index contributed by atoms with van der Waals surface area (Å²) in [5, 5.41) is 0. The number of anilines is 1. The molecule has 0 saturated heterocycles. The first-order chi connectivity index (χ1) is 9.00. The zero-order valence-electron chi connectivity index (χ0n) is 10.1. The van der Waals surface area contributed by atoms with Crippen molar-refractivity contribution >= 4 is 23.4 Å². The Hall–Kier alpha value is -2.41. The van der Waals surface area contributed by atoms with Gasteiger partial charge in [-0.25, -0.2) is 0 Å². The molecule has 7 nitrogen and oxygen atoms in total. The first-order valence-corrected chi connectivity index (χ1v) is 5.62. The van der Waals surface area contributed by atoms with E-state index in [-0.39, 0.29) is 25.7 Å². The summed E-state index contributed by atoms with van der Waals surface area (Å²) in [5.74, 6) is -1.40. The summed E-state index contributed by atoms with van der Waals surface area (Å²) in [4.78, 5) is 35.5. The summed E-state index contributed by atoms with van der Waals surface area (Å²) in [6, 6.07) is 4.56. The van der Waals surface area contributed by atoms with E-state index in [1.54, 1.807) is 6.07 Å². The van der Waals surface area contributed by atoms with E-state index in [9.17, 15) is 14.4 Å². The van der Waals surface area contributed by atoms with E-state index < -0.39 is 11.8 Å². The number of amides is 3. The summed E-state index contributed by atoms with van der Waals surface area (Å²) in [5.41, 5.74) is 11.5. The Labute approximate surface area is 109 Å². The van der Waals surface area contributed by atoms with Crippen molar-refractivity contribution in [3.8, 4) is 0 Å². The lowest BCUT2D eigenvalue weighted by Gasteiger charge is -2.13. The fourth-order valence-corrected chi connectivity index (χ4v) is 1.84. The third kappa shape index (κ3) is 2.55. The summed E-state index contributed by atoms with van der Waals surface area (Å²) in [6.45, 7) is -0.112. The predicted octanol–water partition coefficient (Wildman–Crippen LogP) is -0.633. The monoisotopic (exact) mass is 263 g/mol. The third-order valence-corrected chi connectivity index (χ3v) is 2.70. The van der Waals surface area contributed by atoms with E-state index in [0.717, 1.165) is 4.90 Å². The van der Waals surface area contributed by atoms with Crippen molar-refractivity contribution in [2.24, 2.45) is 5.73 Å². The van der Waals surface area contributed by atoms with E-state index in [2.05, 4.69) is 0 Å². The van der Waals surface area contributed by atoms with Crippen LogP contribution in [0.25, 0.3) is 0 Å². The number of carbonyl (C=O) groups excluding carboxylic acids is 3. The summed E-state index contributed by atoms with van der Waals surface area (Å²) in [6.07, 6.45) is 0. The first-order valence-electron chi connectivity index (χ1n) is 5.62. The lowest BCUT2D eigenvalue weighted by atomic mass is 10.1. The Kier molecular flexibility index (Phi) is 3.48. The number of hydrogen-bond acceptors (Lipinski definition) is 5. The molecule has 2 rings (SSSR count). The molecule has 1 heterocycles. The van der Waals surface area contributed by atoms with Crippen LogP contribution in [0.4, 0.5) is 5.69 Å². The van der Waals surface area contributed by atoms with Gasteiger partial charge in [0.25, 0.3) is 11.8 Å². The maximum Gasteiger partial charge on any atom is 0.261 e. The van der Waals surface area contributed by atoms with Gasteiger partial charge in [0.1, 0.15) is 6.61 Å². The Morgan fingerprint density at radius 3 is 2.58 bits per heavy atom. The number of benzene rings is 1. The van der Waals surface area contributed by atoms with Crippen LogP contribution in [-0.2, 0) is 9.53 Å². The number of nitrogens with two attached hydrogens (primary N) is 2. The van der Waals surface area contributed by atoms with Crippen molar-refractivity contribution in [2.75, 3.05) is 25.5 Å². The molecule has 3 amide bonds. The Morgan fingerprint density at radius 2 is 1.89 bits per heavy atom. The molecule has 1 aromatic carbocycles. The van der Waals surface area contributed by atoms with Gasteiger partial charge in [-0.05, 0) is 18.2 Å². The molecule has 4 N–H and O–H groups in total. The highest BCUT2D eigenvalue weighted by molar-refractivity contribution is 6.21. The Bertz CT molecular complexity index is 556. The largest absolute Gasteiger partial charge is 0.399 e. The van der Waals surface area contributed by atoms with Crippen LogP contribution in [0.15, 0.2) is 18.2 Å². The fourth-order valence-electron chi connectivity index (χ4n) is 1.84. The first kappa shape index (κ1) is 13.0. The van der Waals surface area contributed by atoms with Crippen LogP contribution in [0.5, 0.6) is 0 Å². The smallest absolute Gasteiger partial charge is 0.261 e. The number of nitrogen functional groups attached to an aromatic ring is 1. The highest BCUT2D eigenvalue weighted by Gasteiger charge is 2.35. The summed E-state index contributed by atoms with van der Waals surface area (Å²) < 4.78 is 4.93. The minimum atomic E-state index is -0.602. The SMILES string of the molecule is NC(=O)COCCN1C(=O)c2ccc(N)cc2C1=O. The minimum Gasteiger partial charge on any atom is -0.399 e. The maximum atomic E-state index is 12.0. The van der Waals surface area contributed by atoms with Gasteiger partial charge >= 0.3 is 0 Å². The number of rotatable bonds is 5. The maximum absolute atomic E-state index is 12.0. The molecule has 0 radical (unpaired) electrons. The van der Waals surface area contributed by atoms with E-state index >= 15 is 0 Å². The second-order valence-corrected chi connectivity index (χ2v) is 4.09. The quantitative estimate of drug-likeness (QED) is 0.416. The molecule has 0 fully saturated rings. The van der Waals surface area contributed by atoms with Crippen molar-refractivity contribution in [3.05, 3.63) is 29.3 Å². The van der Waals surface area contributed by atoms with Crippen molar-refractivity contribution in [1.82, 2.24) is 4.90 Å². The number of primary amides is 1. The lowest BCUT2D eigenvalue weighted by molar-refractivity contribution is -0.122. The molecular formula is C12H13N3O4. The van der Waals surface area contributed by atoms with Gasteiger partial charge in [0.2, 0.25) is 5.91 Å². The van der Waals surface area contributed by atoms with Gasteiger partial charge in [-0.15, -0.1) is 0 Å². The fraction of sp³-hybridized carbons (Fsp3) is 0.250. The molecule has 1 aromatic rings. The van der Waals surface area contributed by atoms with E-state index in [4.69, 9.17) is 16.2 Å². The third-order valence-electron chi connectivity index (χ3n) is 2.70. The Morgan fingerprint density at radius 1 is 1.21 bits per heavy atom. The molecule has 0 unspecified atom stereocenters. The lowest BCUT2D eigenvalue weighted by Crippen LogP contribution is -2.33. The van der Waals surface area contributed by atoms with Gasteiger partial charge in [-0.1, -0.05) is 0 Å². The van der Waals surface area contributed by atoms with Crippen LogP contribution in [0, 0.1) is 0 Å². The molecule has 1 aliphatic rings. The average molecular weight is 263 g/mol. The summed E-state index contributed by atoms with van der Waals surface area (Å²) >= 11 is 0. The zero-order valence-corrected chi connectivity index (χ0v) is 10.1. The molecule has 19 heavy (non-hydrogen) atoms. The highest BCUT2D eigenvalue weighted by Crippen LogP contribution is 2.24. The van der Waals surface area contributed by atoms with Crippen molar-refractivity contribution in [2.45, 2.75) is 0 Å². The molecule has 0 aliphatic carbocycles. The molecular weight excluding hydrogens is 250 g/mol. The van der Waals surface area contributed by atoms with Crippen LogP contribution < -0.4 is 11.5 Å². The van der Waals surface area contributed by atoms with Crippen LogP contribution in [0.2, 0.25) is 0 Å². The normalized spacial score (nSPS) is 13.8. The van der Waals surface area contributed by atoms with Gasteiger partial charge in [0, 0.05) is 5.69 Å². The minimum absolute atomic E-state index is 0.0594. The number of carbonyl (C=O) groups is 3. The molecule has 0 saturated carbocycles. The second-order valence-electron chi connectivity index (χ2n) is 4.09. The predicted molar refractivity (Wildman–Crippen MR) is 66.2 cm³/mol. The van der Waals surface area contributed by atoms with Gasteiger partial charge in [0.15, 0.2) is 0 Å². The number of fused-ring (bicyclic) bond motifs is 1. The van der Waals surface area contributed by atoms with Crippen LogP contribution in [0.3, 0.4) is 0 Å². The van der Waals surface area contributed by atoms with E-state index in [0.29, 0.717) is 16.8 Å². The number of imide groups is 1. The summed E-state index contributed by atoms with van der Waals surface area (Å²) in [7, 11) is 0. The number of nitrogens with zero attached hydrogens (tertiary/aromatic N) is 1. The van der Waals surface area contributed by atoms with Crippen LogP contribution in [-0.4, -0.2) is 42.4 Å². The van der Waals surface area contributed by atoms with E-state index in [1.165, 1.54) is 12.1 Å². The molecule has 0 spiro atoms. The molecule has 0 aromatic heterocycles. The van der Waals surface area contributed by atoms with Gasteiger partial charge in [-0.2, -0.15) is 0 Å². The number of ether oxygens (including phenoxy) is 1. The van der Waals surface area contributed by atoms with Gasteiger partial charge < -0.3 is 16.2 Å².